The van der Waals surface area contributed by atoms with Gasteiger partial charge in [-0.05, 0) is 0 Å². The fraction of sp³-hybridized carbons (Fsp3) is 0. The number of nitrogens with zero attached hydrogens (tertiary/aromatic N) is 2. The van der Waals surface area contributed by atoms with Gasteiger partial charge in [0, 0.05) is 0 Å². The number of rotatable bonds is 4. The molecule has 0 unspecified atom stereocenters. The second-order valence-electron chi connectivity index (χ2n) is 4.27. The summed E-state index contributed by atoms with van der Waals surface area (Å²) in [5.74, 6) is 0. The predicted octanol–water partition coefficient (Wildman–Crippen LogP) is 2.76. The Labute approximate surface area is 125 Å². The predicted molar refractivity (Wildman–Crippen MR) is 83.9 cm³/mol. The molecule has 3 rings (SSSR count). The van der Waals surface area contributed by atoms with Gasteiger partial charge in [0.1, 0.15) is 0 Å². The molecule has 0 aliphatic rings. The molecule has 0 bridgehead atoms. The molecule has 0 amide bonds. The molecule has 1 heterocycles. The van der Waals surface area contributed by atoms with Crippen molar-refractivity contribution in [2.75, 3.05) is 0 Å². The van der Waals surface area contributed by atoms with Crippen LogP contribution >= 0.6 is 0 Å². The quantitative estimate of drug-likeness (QED) is 0.675. The van der Waals surface area contributed by atoms with E-state index in [4.69, 9.17) is 0 Å². The molecule has 2 aromatic carbocycles. The number of hydrogen-bond donors (Lipinski definition) is 0. The fourth-order valence-corrected chi connectivity index (χ4v) is 3.63. The van der Waals surface area contributed by atoms with Crippen LogP contribution in [-0.4, -0.2) is 24.5 Å². The molecular weight excluding hydrogens is 311 g/mol. The molecular formula is C17H14N2Se. The average molecular weight is 325 g/mol. The van der Waals surface area contributed by atoms with Gasteiger partial charge in [-0.15, -0.1) is 0 Å². The molecule has 98 valence electrons. The minimum absolute atomic E-state index is 0.302. The molecule has 0 radical (unpaired) electrons. The van der Waals surface area contributed by atoms with Crippen LogP contribution in [0.15, 0.2) is 84.4 Å². The maximum atomic E-state index is 4.15. The Kier molecular flexibility index (Phi) is 4.12. The summed E-state index contributed by atoms with van der Waals surface area (Å²) in [6, 6.07) is 21.0. The molecule has 0 spiro atoms. The first-order chi connectivity index (χ1) is 9.93. The van der Waals surface area contributed by atoms with E-state index in [2.05, 4.69) is 69.1 Å². The monoisotopic (exact) mass is 326 g/mol. The molecule has 0 saturated carbocycles. The van der Waals surface area contributed by atoms with Gasteiger partial charge >= 0.3 is 125 Å². The van der Waals surface area contributed by atoms with Crippen LogP contribution in [0.3, 0.4) is 0 Å². The number of benzene rings is 2. The standard InChI is InChI=1S/C17H14N2Se/c1-3-7-15(8-4-1)17(19-12-11-18-14-19)13-20-16-9-5-2-6-10-16/h1-14H/b17-13-. The molecule has 0 saturated heterocycles. The summed E-state index contributed by atoms with van der Waals surface area (Å²) in [5, 5.41) is 0. The third-order valence-corrected chi connectivity index (χ3v) is 4.76. The second kappa shape index (κ2) is 6.38. The first-order valence-corrected chi connectivity index (χ1v) is 8.24. The minimum atomic E-state index is 0.302. The number of hydrogen-bond acceptors (Lipinski definition) is 1. The summed E-state index contributed by atoms with van der Waals surface area (Å²) in [5.41, 5.74) is 2.40. The van der Waals surface area contributed by atoms with Crippen LogP contribution in [0.25, 0.3) is 5.70 Å². The summed E-state index contributed by atoms with van der Waals surface area (Å²) in [4.78, 5) is 6.46. The SMILES string of the molecule is C(/[Se]c1ccccc1)=C(\c1ccccc1)n1ccnc1. The van der Waals surface area contributed by atoms with E-state index in [1.165, 1.54) is 15.7 Å². The zero-order chi connectivity index (χ0) is 13.6. The first-order valence-electron chi connectivity index (χ1n) is 6.39. The third kappa shape index (κ3) is 3.08. The molecule has 20 heavy (non-hydrogen) atoms. The Balaban J connectivity index is 1.94. The summed E-state index contributed by atoms with van der Waals surface area (Å²) in [6.45, 7) is 0. The van der Waals surface area contributed by atoms with Crippen molar-refractivity contribution in [1.82, 2.24) is 9.55 Å². The van der Waals surface area contributed by atoms with E-state index in [9.17, 15) is 0 Å². The van der Waals surface area contributed by atoms with Crippen molar-refractivity contribution in [2.24, 2.45) is 0 Å². The van der Waals surface area contributed by atoms with Gasteiger partial charge in [-0.2, -0.15) is 0 Å². The Hall–Kier alpha value is -2.09. The van der Waals surface area contributed by atoms with Crippen LogP contribution in [-0.2, 0) is 0 Å². The van der Waals surface area contributed by atoms with E-state index in [1.54, 1.807) is 0 Å². The van der Waals surface area contributed by atoms with Gasteiger partial charge in [0.05, 0.1) is 0 Å². The van der Waals surface area contributed by atoms with Crippen LogP contribution in [0.1, 0.15) is 5.56 Å². The van der Waals surface area contributed by atoms with E-state index in [0.717, 1.165) is 0 Å². The van der Waals surface area contributed by atoms with E-state index in [1.807, 2.05) is 24.8 Å². The van der Waals surface area contributed by atoms with Gasteiger partial charge in [-0.25, -0.2) is 0 Å². The van der Waals surface area contributed by atoms with Gasteiger partial charge < -0.3 is 0 Å². The van der Waals surface area contributed by atoms with Gasteiger partial charge in [-0.1, -0.05) is 0 Å². The third-order valence-electron chi connectivity index (χ3n) is 2.90. The van der Waals surface area contributed by atoms with Crippen LogP contribution in [0, 0.1) is 0 Å². The molecule has 2 nitrogen and oxygen atoms in total. The van der Waals surface area contributed by atoms with E-state index < -0.39 is 0 Å². The summed E-state index contributed by atoms with van der Waals surface area (Å²) in [7, 11) is 0. The Morgan fingerprint density at radius 3 is 2.30 bits per heavy atom. The van der Waals surface area contributed by atoms with Gasteiger partial charge in [0.2, 0.25) is 0 Å². The topological polar surface area (TPSA) is 17.8 Å². The average Bonchev–Trinajstić information content (AvgIpc) is 3.04. The second-order valence-corrected chi connectivity index (χ2v) is 6.25. The van der Waals surface area contributed by atoms with Crippen LogP contribution < -0.4 is 4.46 Å². The van der Waals surface area contributed by atoms with Crippen molar-refractivity contribution in [2.45, 2.75) is 0 Å². The van der Waals surface area contributed by atoms with Gasteiger partial charge in [0.15, 0.2) is 0 Å². The van der Waals surface area contributed by atoms with Gasteiger partial charge in [0.25, 0.3) is 0 Å². The Bertz CT molecular complexity index is 674. The molecule has 0 aliphatic heterocycles. The van der Waals surface area contributed by atoms with Crippen molar-refractivity contribution in [3.8, 4) is 0 Å². The molecule has 3 heteroatoms. The zero-order valence-corrected chi connectivity index (χ0v) is 12.6. The molecule has 0 atom stereocenters. The fourth-order valence-electron chi connectivity index (χ4n) is 1.91. The van der Waals surface area contributed by atoms with Crippen molar-refractivity contribution in [3.05, 3.63) is 89.9 Å². The molecule has 0 aliphatic carbocycles. The van der Waals surface area contributed by atoms with Crippen molar-refractivity contribution in [3.63, 3.8) is 0 Å². The Morgan fingerprint density at radius 1 is 0.950 bits per heavy atom. The normalized spacial score (nSPS) is 11.5. The van der Waals surface area contributed by atoms with Crippen LogP contribution in [0.5, 0.6) is 0 Å². The zero-order valence-electron chi connectivity index (χ0n) is 10.9. The van der Waals surface area contributed by atoms with Crippen molar-refractivity contribution >= 4 is 25.1 Å². The summed E-state index contributed by atoms with van der Waals surface area (Å²) >= 11 is 0.302. The summed E-state index contributed by atoms with van der Waals surface area (Å²) < 4.78 is 3.44. The van der Waals surface area contributed by atoms with Crippen molar-refractivity contribution in [1.29, 1.82) is 0 Å². The number of aromatic nitrogens is 2. The van der Waals surface area contributed by atoms with Crippen LogP contribution in [0.2, 0.25) is 0 Å². The number of imidazole rings is 1. The van der Waals surface area contributed by atoms with E-state index in [-0.39, 0.29) is 0 Å². The molecule has 0 N–H and O–H groups in total. The molecule has 1 aromatic heterocycles. The van der Waals surface area contributed by atoms with Crippen LogP contribution in [0.4, 0.5) is 0 Å². The summed E-state index contributed by atoms with van der Waals surface area (Å²) in [6.07, 6.45) is 5.64. The maximum absolute atomic E-state index is 4.15. The van der Waals surface area contributed by atoms with E-state index in [0.29, 0.717) is 15.0 Å². The Morgan fingerprint density at radius 2 is 1.65 bits per heavy atom. The van der Waals surface area contributed by atoms with E-state index >= 15 is 0 Å². The molecule has 3 aromatic rings. The first kappa shape index (κ1) is 12.9. The van der Waals surface area contributed by atoms with Gasteiger partial charge in [-0.3, -0.25) is 0 Å². The van der Waals surface area contributed by atoms with Crippen molar-refractivity contribution < 1.29 is 0 Å². The molecule has 0 fully saturated rings.